The minimum Gasteiger partial charge on any atom is -0.504 e. The maximum atomic E-state index is 12.5. The summed E-state index contributed by atoms with van der Waals surface area (Å²) in [7, 11) is 3.13. The summed E-state index contributed by atoms with van der Waals surface area (Å²) in [6.07, 6.45) is 1.50. The lowest BCUT2D eigenvalue weighted by Gasteiger charge is -2.17. The van der Waals surface area contributed by atoms with Crippen molar-refractivity contribution < 1.29 is 19.4 Å². The highest BCUT2D eigenvalue weighted by Gasteiger charge is 2.20. The highest BCUT2D eigenvalue weighted by molar-refractivity contribution is 5.95. The Morgan fingerprint density at radius 1 is 1.00 bits per heavy atom. The number of phenols is 1. The number of ether oxygens (including phenoxy) is 2. The summed E-state index contributed by atoms with van der Waals surface area (Å²) < 4.78 is 10.3. The maximum Gasteiger partial charge on any atom is 0.271 e. The van der Waals surface area contributed by atoms with Crippen LogP contribution in [0.25, 0.3) is 0 Å². The topological polar surface area (TPSA) is 83.4 Å². The first kappa shape index (κ1) is 20.3. The minimum absolute atomic E-state index is 0.0468. The van der Waals surface area contributed by atoms with Crippen molar-refractivity contribution in [1.29, 1.82) is 0 Å². The van der Waals surface area contributed by atoms with E-state index in [1.807, 2.05) is 42.5 Å². The SMILES string of the molecule is COc1ccc(N2Cc3ccc(C(=O)N/N=C\c4ccc(O)c(OC)c4)cc3C2)cc1. The van der Waals surface area contributed by atoms with Gasteiger partial charge in [0.05, 0.1) is 20.4 Å². The van der Waals surface area contributed by atoms with Crippen LogP contribution in [-0.4, -0.2) is 31.4 Å². The summed E-state index contributed by atoms with van der Waals surface area (Å²) in [6.45, 7) is 1.53. The molecule has 0 atom stereocenters. The molecular weight excluding hydrogens is 394 g/mol. The zero-order valence-corrected chi connectivity index (χ0v) is 17.3. The lowest BCUT2D eigenvalue weighted by Crippen LogP contribution is -2.18. The molecule has 3 aromatic rings. The molecule has 31 heavy (non-hydrogen) atoms. The Morgan fingerprint density at radius 3 is 2.52 bits per heavy atom. The minimum atomic E-state index is -0.285. The van der Waals surface area contributed by atoms with E-state index >= 15 is 0 Å². The number of amides is 1. The Balaban J connectivity index is 1.41. The molecule has 1 aliphatic rings. The van der Waals surface area contributed by atoms with Gasteiger partial charge in [0.2, 0.25) is 0 Å². The number of nitrogens with one attached hydrogen (secondary N) is 1. The van der Waals surface area contributed by atoms with E-state index in [0.717, 1.165) is 30.1 Å². The molecule has 1 heterocycles. The second-order valence-electron chi connectivity index (χ2n) is 7.17. The molecule has 1 aliphatic heterocycles. The zero-order valence-electron chi connectivity index (χ0n) is 17.3. The maximum absolute atomic E-state index is 12.5. The van der Waals surface area contributed by atoms with Crippen LogP contribution in [0.15, 0.2) is 65.8 Å². The number of hydrogen-bond donors (Lipinski definition) is 2. The van der Waals surface area contributed by atoms with Gasteiger partial charge >= 0.3 is 0 Å². The Morgan fingerprint density at radius 2 is 1.77 bits per heavy atom. The molecule has 0 unspecified atom stereocenters. The summed E-state index contributed by atoms with van der Waals surface area (Å²) in [5, 5.41) is 13.7. The second-order valence-corrected chi connectivity index (χ2v) is 7.17. The van der Waals surface area contributed by atoms with Gasteiger partial charge in [0.1, 0.15) is 5.75 Å². The highest BCUT2D eigenvalue weighted by atomic mass is 16.5. The molecule has 2 N–H and O–H groups in total. The number of hydrazone groups is 1. The van der Waals surface area contributed by atoms with E-state index in [1.54, 1.807) is 19.2 Å². The molecule has 0 saturated heterocycles. The van der Waals surface area contributed by atoms with Gasteiger partial charge in [0.25, 0.3) is 5.91 Å². The normalized spacial score (nSPS) is 12.6. The molecular formula is C24H23N3O4. The second kappa shape index (κ2) is 8.79. The fraction of sp³-hybridized carbons (Fsp3) is 0.167. The van der Waals surface area contributed by atoms with Crippen molar-refractivity contribution in [3.05, 3.63) is 82.9 Å². The van der Waals surface area contributed by atoms with Crippen molar-refractivity contribution in [1.82, 2.24) is 5.43 Å². The summed E-state index contributed by atoms with van der Waals surface area (Å²) in [6, 6.07) is 18.5. The number of fused-ring (bicyclic) bond motifs is 1. The lowest BCUT2D eigenvalue weighted by molar-refractivity contribution is 0.0955. The monoisotopic (exact) mass is 417 g/mol. The predicted molar refractivity (Wildman–Crippen MR) is 119 cm³/mol. The molecule has 1 amide bonds. The van der Waals surface area contributed by atoms with Gasteiger partial charge in [-0.05, 0) is 71.3 Å². The van der Waals surface area contributed by atoms with Crippen LogP contribution in [0.3, 0.4) is 0 Å². The van der Waals surface area contributed by atoms with Crippen molar-refractivity contribution in [2.75, 3.05) is 19.1 Å². The van der Waals surface area contributed by atoms with Gasteiger partial charge in [0, 0.05) is 24.3 Å². The number of carbonyl (C=O) groups is 1. The fourth-order valence-corrected chi connectivity index (χ4v) is 3.52. The largest absolute Gasteiger partial charge is 0.504 e. The van der Waals surface area contributed by atoms with E-state index < -0.39 is 0 Å². The van der Waals surface area contributed by atoms with Gasteiger partial charge in [-0.15, -0.1) is 0 Å². The van der Waals surface area contributed by atoms with Crippen molar-refractivity contribution in [3.8, 4) is 17.2 Å². The zero-order chi connectivity index (χ0) is 21.8. The van der Waals surface area contributed by atoms with Crippen LogP contribution in [0.5, 0.6) is 17.2 Å². The molecule has 0 saturated carbocycles. The number of hydrogen-bond acceptors (Lipinski definition) is 6. The average molecular weight is 417 g/mol. The fourth-order valence-electron chi connectivity index (χ4n) is 3.52. The number of anilines is 1. The third-order valence-electron chi connectivity index (χ3n) is 5.21. The Kier molecular flexibility index (Phi) is 5.75. The molecule has 0 aromatic heterocycles. The smallest absolute Gasteiger partial charge is 0.271 e. The first-order valence-corrected chi connectivity index (χ1v) is 9.78. The van der Waals surface area contributed by atoms with Crippen LogP contribution in [0.2, 0.25) is 0 Å². The van der Waals surface area contributed by atoms with Crippen LogP contribution in [0.1, 0.15) is 27.0 Å². The number of phenolic OH excluding ortho intramolecular Hbond substituents is 1. The van der Waals surface area contributed by atoms with E-state index in [4.69, 9.17) is 9.47 Å². The van der Waals surface area contributed by atoms with Gasteiger partial charge in [0.15, 0.2) is 11.5 Å². The number of methoxy groups -OCH3 is 2. The van der Waals surface area contributed by atoms with E-state index in [1.165, 1.54) is 25.0 Å². The summed E-state index contributed by atoms with van der Waals surface area (Å²) >= 11 is 0. The van der Waals surface area contributed by atoms with Crippen LogP contribution in [0, 0.1) is 0 Å². The molecule has 4 rings (SSSR count). The Bertz CT molecular complexity index is 1130. The van der Waals surface area contributed by atoms with E-state index in [2.05, 4.69) is 15.4 Å². The quantitative estimate of drug-likeness (QED) is 0.472. The van der Waals surface area contributed by atoms with E-state index in [0.29, 0.717) is 16.9 Å². The highest BCUT2D eigenvalue weighted by Crippen LogP contribution is 2.30. The number of carbonyl (C=O) groups excluding carboxylic acids is 1. The summed E-state index contributed by atoms with van der Waals surface area (Å²) in [4.78, 5) is 14.8. The molecule has 158 valence electrons. The van der Waals surface area contributed by atoms with Gasteiger partial charge in [-0.25, -0.2) is 5.43 Å². The van der Waals surface area contributed by atoms with Crippen LogP contribution in [-0.2, 0) is 13.1 Å². The third-order valence-corrected chi connectivity index (χ3v) is 5.21. The van der Waals surface area contributed by atoms with Crippen LogP contribution < -0.4 is 19.8 Å². The number of benzene rings is 3. The van der Waals surface area contributed by atoms with Crippen molar-refractivity contribution in [2.45, 2.75) is 13.1 Å². The van der Waals surface area contributed by atoms with Crippen molar-refractivity contribution >= 4 is 17.8 Å². The first-order chi connectivity index (χ1) is 15.1. The molecule has 0 spiro atoms. The van der Waals surface area contributed by atoms with Crippen molar-refractivity contribution in [3.63, 3.8) is 0 Å². The molecule has 3 aromatic carbocycles. The number of aromatic hydroxyl groups is 1. The van der Waals surface area contributed by atoms with Crippen LogP contribution in [0.4, 0.5) is 5.69 Å². The summed E-state index contributed by atoms with van der Waals surface area (Å²) in [5.41, 5.74) is 7.22. The molecule has 0 radical (unpaired) electrons. The van der Waals surface area contributed by atoms with Gasteiger partial charge in [-0.1, -0.05) is 6.07 Å². The average Bonchev–Trinajstić information content (AvgIpc) is 3.23. The summed E-state index contributed by atoms with van der Waals surface area (Å²) in [5.74, 6) is 0.930. The molecule has 7 nitrogen and oxygen atoms in total. The first-order valence-electron chi connectivity index (χ1n) is 9.78. The predicted octanol–water partition coefficient (Wildman–Crippen LogP) is 3.69. The number of rotatable bonds is 6. The molecule has 0 fully saturated rings. The molecule has 7 heteroatoms. The lowest BCUT2D eigenvalue weighted by atomic mass is 10.1. The van der Waals surface area contributed by atoms with E-state index in [9.17, 15) is 9.90 Å². The van der Waals surface area contributed by atoms with Gasteiger partial charge in [-0.2, -0.15) is 5.10 Å². The van der Waals surface area contributed by atoms with Gasteiger partial charge < -0.3 is 19.5 Å². The van der Waals surface area contributed by atoms with Gasteiger partial charge in [-0.3, -0.25) is 4.79 Å². The molecule has 0 aliphatic carbocycles. The standard InChI is InChI=1S/C24H23N3O4/c1-30-21-8-6-20(7-9-21)27-14-18-5-4-17(12-19(18)15-27)24(29)26-25-13-16-3-10-22(28)23(11-16)31-2/h3-13,28H,14-15H2,1-2H3,(H,26,29)/b25-13-. The molecule has 0 bridgehead atoms. The Labute approximate surface area is 180 Å². The number of nitrogens with zero attached hydrogens (tertiary/aromatic N) is 2. The Hall–Kier alpha value is -4.00. The van der Waals surface area contributed by atoms with Crippen molar-refractivity contribution in [2.24, 2.45) is 5.10 Å². The third kappa shape index (κ3) is 4.45. The van der Waals surface area contributed by atoms with Crippen LogP contribution >= 0.6 is 0 Å². The van der Waals surface area contributed by atoms with E-state index in [-0.39, 0.29) is 11.7 Å².